The monoisotopic (exact) mass is 560 g/mol. The van der Waals surface area contributed by atoms with Crippen molar-refractivity contribution in [3.05, 3.63) is 94.4 Å². The second kappa shape index (κ2) is 11.0. The number of carbonyl (C=O) groups is 2. The quantitative estimate of drug-likeness (QED) is 0.227. The number of hydrogen-bond donors (Lipinski definition) is 1. The molecule has 8 nitrogen and oxygen atoms in total. The molecule has 206 valence electrons. The molecule has 2 heterocycles. The number of carbonyl (C=O) groups excluding carboxylic acids is 2. The lowest BCUT2D eigenvalue weighted by Gasteiger charge is -2.28. The number of rotatable bonds is 9. The van der Waals surface area contributed by atoms with Gasteiger partial charge in [-0.1, -0.05) is 23.7 Å². The normalized spacial score (nSPS) is 15.2. The molecule has 1 atom stereocenters. The average Bonchev–Trinajstić information content (AvgIpc) is 3.52. The molecule has 0 aliphatic carbocycles. The Labute approximate surface area is 237 Å². The van der Waals surface area contributed by atoms with Crippen molar-refractivity contribution in [1.29, 1.82) is 0 Å². The van der Waals surface area contributed by atoms with Crippen LogP contribution in [0.4, 0.5) is 11.4 Å². The molecular formula is C31H29ClN2O6. The minimum atomic E-state index is -0.905. The Morgan fingerprint density at radius 2 is 1.68 bits per heavy atom. The summed E-state index contributed by atoms with van der Waals surface area (Å²) in [6.45, 7) is 5.82. The fourth-order valence-corrected chi connectivity index (χ4v) is 5.32. The highest BCUT2D eigenvalue weighted by atomic mass is 35.5. The summed E-state index contributed by atoms with van der Waals surface area (Å²) < 4.78 is 16.5. The van der Waals surface area contributed by atoms with Gasteiger partial charge in [0.15, 0.2) is 22.9 Å². The molecule has 40 heavy (non-hydrogen) atoms. The maximum absolute atomic E-state index is 14.0. The fraction of sp³-hybridized carbons (Fsp3) is 0.226. The van der Waals surface area contributed by atoms with Gasteiger partial charge in [0, 0.05) is 40.9 Å². The van der Waals surface area contributed by atoms with E-state index in [-0.39, 0.29) is 11.3 Å². The fourth-order valence-electron chi connectivity index (χ4n) is 5.10. The minimum Gasteiger partial charge on any atom is -0.503 e. The zero-order valence-corrected chi connectivity index (χ0v) is 23.4. The van der Waals surface area contributed by atoms with Crippen molar-refractivity contribution in [1.82, 2.24) is 0 Å². The maximum Gasteiger partial charge on any atom is 0.294 e. The molecule has 1 aliphatic heterocycles. The van der Waals surface area contributed by atoms with E-state index in [0.29, 0.717) is 38.7 Å². The van der Waals surface area contributed by atoms with Gasteiger partial charge < -0.3 is 23.9 Å². The van der Waals surface area contributed by atoms with Gasteiger partial charge in [0.2, 0.25) is 5.78 Å². The molecule has 1 aromatic heterocycles. The highest BCUT2D eigenvalue weighted by Gasteiger charge is 2.45. The number of benzene rings is 3. The largest absolute Gasteiger partial charge is 0.503 e. The van der Waals surface area contributed by atoms with E-state index < -0.39 is 23.5 Å². The van der Waals surface area contributed by atoms with Crippen molar-refractivity contribution in [2.45, 2.75) is 19.9 Å². The lowest BCUT2D eigenvalue weighted by atomic mass is 9.94. The summed E-state index contributed by atoms with van der Waals surface area (Å²) in [6.07, 6.45) is 0. The van der Waals surface area contributed by atoms with Crippen LogP contribution < -0.4 is 19.3 Å². The summed E-state index contributed by atoms with van der Waals surface area (Å²) in [7, 11) is 3.03. The van der Waals surface area contributed by atoms with Gasteiger partial charge in [0.05, 0.1) is 25.8 Å². The number of methoxy groups -OCH3 is 2. The zero-order valence-electron chi connectivity index (χ0n) is 22.6. The summed E-state index contributed by atoms with van der Waals surface area (Å²) >= 11 is 6.21. The van der Waals surface area contributed by atoms with Gasteiger partial charge in [-0.2, -0.15) is 0 Å². The molecule has 0 bridgehead atoms. The van der Waals surface area contributed by atoms with E-state index in [0.717, 1.165) is 18.8 Å². The van der Waals surface area contributed by atoms with Crippen molar-refractivity contribution in [3.63, 3.8) is 0 Å². The molecule has 5 rings (SSSR count). The van der Waals surface area contributed by atoms with Crippen LogP contribution in [0, 0.1) is 0 Å². The summed E-state index contributed by atoms with van der Waals surface area (Å²) in [5.74, 6) is -1.02. The van der Waals surface area contributed by atoms with Crippen LogP contribution in [0.1, 0.15) is 36.0 Å². The Morgan fingerprint density at radius 3 is 2.27 bits per heavy atom. The number of anilines is 2. The Morgan fingerprint density at radius 1 is 1.00 bits per heavy atom. The maximum atomic E-state index is 14.0. The third kappa shape index (κ3) is 4.64. The number of hydrogen-bond acceptors (Lipinski definition) is 7. The Balaban J connectivity index is 1.63. The van der Waals surface area contributed by atoms with Gasteiger partial charge in [-0.15, -0.1) is 0 Å². The minimum absolute atomic E-state index is 0.0498. The van der Waals surface area contributed by atoms with E-state index in [2.05, 4.69) is 18.7 Å². The molecule has 0 fully saturated rings. The molecule has 0 radical (unpaired) electrons. The van der Waals surface area contributed by atoms with E-state index in [1.165, 1.54) is 18.1 Å². The van der Waals surface area contributed by atoms with Gasteiger partial charge in [-0.05, 0) is 67.9 Å². The number of halogens is 1. The molecule has 3 aromatic carbocycles. The van der Waals surface area contributed by atoms with Crippen molar-refractivity contribution in [2.24, 2.45) is 0 Å². The van der Waals surface area contributed by atoms with Crippen LogP contribution in [0.25, 0.3) is 11.0 Å². The van der Waals surface area contributed by atoms with E-state index in [4.69, 9.17) is 25.5 Å². The highest BCUT2D eigenvalue weighted by Crippen LogP contribution is 2.43. The molecule has 0 saturated carbocycles. The Kier molecular flexibility index (Phi) is 7.45. The summed E-state index contributed by atoms with van der Waals surface area (Å²) in [6, 6.07) is 18.4. The number of furan rings is 1. The van der Waals surface area contributed by atoms with Gasteiger partial charge in [0.25, 0.3) is 5.91 Å². The average molecular weight is 561 g/mol. The van der Waals surface area contributed by atoms with Crippen LogP contribution in [0.15, 0.2) is 82.5 Å². The number of ether oxygens (including phenoxy) is 2. The number of aliphatic hydroxyl groups excluding tert-OH is 1. The first-order valence-electron chi connectivity index (χ1n) is 12.9. The first-order chi connectivity index (χ1) is 19.3. The topological polar surface area (TPSA) is 92.5 Å². The predicted octanol–water partition coefficient (Wildman–Crippen LogP) is 6.73. The van der Waals surface area contributed by atoms with Crippen LogP contribution in [0.3, 0.4) is 0 Å². The van der Waals surface area contributed by atoms with E-state index >= 15 is 0 Å². The number of fused-ring (bicyclic) bond motifs is 1. The smallest absolute Gasteiger partial charge is 0.294 e. The zero-order chi connectivity index (χ0) is 28.6. The molecule has 9 heteroatoms. The molecule has 0 spiro atoms. The predicted molar refractivity (Wildman–Crippen MR) is 155 cm³/mol. The van der Waals surface area contributed by atoms with Gasteiger partial charge in [-0.25, -0.2) is 0 Å². The highest BCUT2D eigenvalue weighted by molar-refractivity contribution is 6.31. The first-order valence-corrected chi connectivity index (χ1v) is 13.3. The van der Waals surface area contributed by atoms with Crippen molar-refractivity contribution in [3.8, 4) is 11.5 Å². The van der Waals surface area contributed by atoms with Crippen LogP contribution in [-0.2, 0) is 4.79 Å². The number of ketones is 1. The molecule has 0 saturated heterocycles. The van der Waals surface area contributed by atoms with E-state index in [9.17, 15) is 14.7 Å². The summed E-state index contributed by atoms with van der Waals surface area (Å²) in [5, 5.41) is 12.1. The number of nitrogens with zero attached hydrogens (tertiary/aromatic N) is 2. The van der Waals surface area contributed by atoms with E-state index in [1.54, 1.807) is 43.5 Å². The van der Waals surface area contributed by atoms with E-state index in [1.807, 2.05) is 24.3 Å². The Hall–Kier alpha value is -4.43. The molecule has 1 amide bonds. The third-order valence-corrected chi connectivity index (χ3v) is 7.35. The van der Waals surface area contributed by atoms with Crippen LogP contribution >= 0.6 is 11.6 Å². The van der Waals surface area contributed by atoms with Crippen LogP contribution in [0.5, 0.6) is 11.5 Å². The van der Waals surface area contributed by atoms with Crippen LogP contribution in [0.2, 0.25) is 5.02 Å². The molecule has 1 N–H and O–H groups in total. The summed E-state index contributed by atoms with van der Waals surface area (Å²) in [5.41, 5.74) is 2.42. The lowest BCUT2D eigenvalue weighted by Crippen LogP contribution is -2.31. The molecule has 4 aromatic rings. The van der Waals surface area contributed by atoms with Crippen molar-refractivity contribution in [2.75, 3.05) is 37.1 Å². The van der Waals surface area contributed by atoms with Crippen molar-refractivity contribution < 1.29 is 28.6 Å². The summed E-state index contributed by atoms with van der Waals surface area (Å²) in [4.78, 5) is 31.1. The standard InChI is InChI=1S/C31H29ClN2O6/c1-5-33(6-2)21-9-7-18(8-10-21)27-26(29(36)31(37)34(27)22-11-13-23(38-3)14-12-22)28(35)24-16-19-15-20(32)17-25(39-4)30(19)40-24/h7-17,27,36H,5-6H2,1-4H3. The van der Waals surface area contributed by atoms with Gasteiger partial charge in [-0.3, -0.25) is 14.5 Å². The lowest BCUT2D eigenvalue weighted by molar-refractivity contribution is -0.117. The van der Waals surface area contributed by atoms with Gasteiger partial charge >= 0.3 is 0 Å². The van der Waals surface area contributed by atoms with Crippen LogP contribution in [-0.4, -0.2) is 44.1 Å². The second-order valence-electron chi connectivity index (χ2n) is 9.27. The molecule has 1 aliphatic rings. The number of Topliss-reactive ketones (excluding diaryl/α,β-unsaturated/α-hetero) is 1. The first kappa shape index (κ1) is 27.1. The SMILES string of the molecule is CCN(CC)c1ccc(C2C(C(=O)c3cc4cc(Cl)cc(OC)c4o3)=C(O)C(=O)N2c2ccc(OC)cc2)cc1. The third-order valence-electron chi connectivity index (χ3n) is 7.13. The molecular weight excluding hydrogens is 532 g/mol. The van der Waals surface area contributed by atoms with Crippen molar-refractivity contribution >= 4 is 45.6 Å². The number of aliphatic hydroxyl groups is 1. The Bertz CT molecular complexity index is 1600. The molecule has 1 unspecified atom stereocenters. The second-order valence-corrected chi connectivity index (χ2v) is 9.70. The van der Waals surface area contributed by atoms with Gasteiger partial charge in [0.1, 0.15) is 5.75 Å². The number of amides is 1.